The van der Waals surface area contributed by atoms with E-state index in [1.165, 1.54) is 24.8 Å². The predicted octanol–water partition coefficient (Wildman–Crippen LogP) is 5.44. The van der Waals surface area contributed by atoms with Crippen molar-refractivity contribution < 1.29 is 4.79 Å². The van der Waals surface area contributed by atoms with Crippen LogP contribution in [0.15, 0.2) is 48.5 Å². The third-order valence-corrected chi connectivity index (χ3v) is 5.98. The minimum atomic E-state index is -0.225. The van der Waals surface area contributed by atoms with Crippen molar-refractivity contribution in [1.29, 1.82) is 0 Å². The standard InChI is InChI=1S/C24H27ClN4O/c1-17-10-12-19(13-11-17)16-29-23(25)22(18(2)27-29)24(30)26-20-8-4-5-9-21(20)28-14-6-3-7-15-28/h4-5,8-13H,3,6-7,14-16H2,1-2H3,(H,26,30). The number of para-hydroxylation sites is 2. The van der Waals surface area contributed by atoms with Crippen LogP contribution in [0.3, 0.4) is 0 Å². The van der Waals surface area contributed by atoms with Gasteiger partial charge in [0.2, 0.25) is 0 Å². The van der Waals surface area contributed by atoms with Gasteiger partial charge in [0.05, 0.1) is 29.2 Å². The first-order chi connectivity index (χ1) is 14.5. The largest absolute Gasteiger partial charge is 0.370 e. The van der Waals surface area contributed by atoms with Crippen LogP contribution in [0.1, 0.15) is 46.4 Å². The molecule has 30 heavy (non-hydrogen) atoms. The Bertz CT molecular complexity index is 1040. The summed E-state index contributed by atoms with van der Waals surface area (Å²) in [6.07, 6.45) is 3.62. The number of aromatic nitrogens is 2. The Morgan fingerprint density at radius 2 is 1.73 bits per heavy atom. The van der Waals surface area contributed by atoms with Gasteiger partial charge in [-0.1, -0.05) is 53.6 Å². The number of hydrogen-bond donors (Lipinski definition) is 1. The Hall–Kier alpha value is -2.79. The van der Waals surface area contributed by atoms with Gasteiger partial charge in [-0.15, -0.1) is 0 Å². The average Bonchev–Trinajstić information content (AvgIpc) is 3.03. The van der Waals surface area contributed by atoms with E-state index in [0.717, 1.165) is 30.0 Å². The number of amides is 1. The summed E-state index contributed by atoms with van der Waals surface area (Å²) < 4.78 is 1.69. The zero-order valence-corrected chi connectivity index (χ0v) is 18.2. The monoisotopic (exact) mass is 422 g/mol. The van der Waals surface area contributed by atoms with E-state index in [9.17, 15) is 4.79 Å². The van der Waals surface area contributed by atoms with Crippen molar-refractivity contribution in [2.75, 3.05) is 23.3 Å². The average molecular weight is 423 g/mol. The molecule has 6 heteroatoms. The van der Waals surface area contributed by atoms with Crippen LogP contribution in [-0.4, -0.2) is 28.8 Å². The number of anilines is 2. The fraction of sp³-hybridized carbons (Fsp3) is 0.333. The molecule has 1 N–H and O–H groups in total. The predicted molar refractivity (Wildman–Crippen MR) is 123 cm³/mol. The molecule has 0 unspecified atom stereocenters. The van der Waals surface area contributed by atoms with E-state index in [1.54, 1.807) is 4.68 Å². The van der Waals surface area contributed by atoms with Crippen LogP contribution in [0.4, 0.5) is 11.4 Å². The van der Waals surface area contributed by atoms with Crippen molar-refractivity contribution >= 4 is 28.9 Å². The molecule has 0 radical (unpaired) electrons. The summed E-state index contributed by atoms with van der Waals surface area (Å²) in [7, 11) is 0. The summed E-state index contributed by atoms with van der Waals surface area (Å²) in [4.78, 5) is 15.5. The Morgan fingerprint density at radius 3 is 2.47 bits per heavy atom. The highest BCUT2D eigenvalue weighted by atomic mass is 35.5. The molecule has 1 aromatic heterocycles. The van der Waals surface area contributed by atoms with Crippen molar-refractivity contribution in [2.24, 2.45) is 0 Å². The molecule has 5 nitrogen and oxygen atoms in total. The lowest BCUT2D eigenvalue weighted by Crippen LogP contribution is -2.30. The van der Waals surface area contributed by atoms with Crippen molar-refractivity contribution in [3.8, 4) is 0 Å². The number of carbonyl (C=O) groups excluding carboxylic acids is 1. The third-order valence-electron chi connectivity index (χ3n) is 5.59. The van der Waals surface area contributed by atoms with Gasteiger partial charge in [-0.25, -0.2) is 4.68 Å². The summed E-state index contributed by atoms with van der Waals surface area (Å²) in [5.41, 5.74) is 5.22. The van der Waals surface area contributed by atoms with Crippen molar-refractivity contribution in [2.45, 2.75) is 39.7 Å². The van der Waals surface area contributed by atoms with Gasteiger partial charge in [-0.3, -0.25) is 4.79 Å². The van der Waals surface area contributed by atoms with Crippen LogP contribution >= 0.6 is 11.6 Å². The molecule has 1 aliphatic rings. The molecular formula is C24H27ClN4O. The highest BCUT2D eigenvalue weighted by molar-refractivity contribution is 6.33. The minimum Gasteiger partial charge on any atom is -0.370 e. The van der Waals surface area contributed by atoms with E-state index in [2.05, 4.69) is 52.6 Å². The van der Waals surface area contributed by atoms with Crippen LogP contribution in [0.5, 0.6) is 0 Å². The van der Waals surface area contributed by atoms with E-state index in [-0.39, 0.29) is 5.91 Å². The van der Waals surface area contributed by atoms with Crippen molar-refractivity contribution in [3.05, 3.63) is 76.1 Å². The van der Waals surface area contributed by atoms with E-state index < -0.39 is 0 Å². The molecule has 4 rings (SSSR count). The van der Waals surface area contributed by atoms with Crippen LogP contribution < -0.4 is 10.2 Å². The fourth-order valence-electron chi connectivity index (χ4n) is 3.96. The molecule has 0 atom stereocenters. The van der Waals surface area contributed by atoms with E-state index in [0.29, 0.717) is 23.0 Å². The lowest BCUT2D eigenvalue weighted by Gasteiger charge is -2.30. The second-order valence-corrected chi connectivity index (χ2v) is 8.27. The first-order valence-corrected chi connectivity index (χ1v) is 10.8. The first-order valence-electron chi connectivity index (χ1n) is 10.5. The summed E-state index contributed by atoms with van der Waals surface area (Å²) >= 11 is 6.59. The Kier molecular flexibility index (Phi) is 6.09. The maximum absolute atomic E-state index is 13.1. The zero-order valence-electron chi connectivity index (χ0n) is 17.5. The molecule has 3 aromatic rings. The van der Waals surface area contributed by atoms with Crippen LogP contribution in [0.25, 0.3) is 0 Å². The summed E-state index contributed by atoms with van der Waals surface area (Å²) in [5, 5.41) is 7.95. The zero-order chi connectivity index (χ0) is 21.1. The van der Waals surface area contributed by atoms with E-state index in [4.69, 9.17) is 11.6 Å². The van der Waals surface area contributed by atoms with Gasteiger partial charge >= 0.3 is 0 Å². The van der Waals surface area contributed by atoms with E-state index >= 15 is 0 Å². The minimum absolute atomic E-state index is 0.225. The summed E-state index contributed by atoms with van der Waals surface area (Å²) in [6, 6.07) is 16.2. The molecule has 0 spiro atoms. The third kappa shape index (κ3) is 4.36. The number of rotatable bonds is 5. The molecule has 1 fully saturated rings. The van der Waals surface area contributed by atoms with Crippen molar-refractivity contribution in [1.82, 2.24) is 9.78 Å². The van der Waals surface area contributed by atoms with Crippen molar-refractivity contribution in [3.63, 3.8) is 0 Å². The van der Waals surface area contributed by atoms with E-state index in [1.807, 2.05) is 25.1 Å². The van der Waals surface area contributed by atoms with Gasteiger partial charge in [0.15, 0.2) is 0 Å². The van der Waals surface area contributed by atoms with Gasteiger partial charge in [0, 0.05) is 13.1 Å². The van der Waals surface area contributed by atoms with Crippen LogP contribution in [0, 0.1) is 13.8 Å². The topological polar surface area (TPSA) is 50.2 Å². The molecule has 1 saturated heterocycles. The van der Waals surface area contributed by atoms with Gasteiger partial charge in [0.1, 0.15) is 5.15 Å². The fourth-order valence-corrected chi connectivity index (χ4v) is 4.28. The maximum atomic E-state index is 13.1. The van der Waals surface area contributed by atoms with Crippen LogP contribution in [-0.2, 0) is 6.54 Å². The number of benzene rings is 2. The molecule has 2 aromatic carbocycles. The molecule has 2 heterocycles. The second kappa shape index (κ2) is 8.92. The smallest absolute Gasteiger partial charge is 0.260 e. The Labute approximate surface area is 182 Å². The molecule has 1 aliphatic heterocycles. The lowest BCUT2D eigenvalue weighted by atomic mass is 10.1. The molecule has 0 aliphatic carbocycles. The molecule has 156 valence electrons. The van der Waals surface area contributed by atoms with Crippen LogP contribution in [0.2, 0.25) is 5.15 Å². The molecule has 1 amide bonds. The normalized spacial score (nSPS) is 14.0. The first kappa shape index (κ1) is 20.5. The number of halogens is 1. The summed E-state index contributed by atoms with van der Waals surface area (Å²) in [6.45, 7) is 6.43. The van der Waals surface area contributed by atoms with Gasteiger partial charge in [-0.05, 0) is 50.8 Å². The second-order valence-electron chi connectivity index (χ2n) is 7.91. The van der Waals surface area contributed by atoms with Gasteiger partial charge < -0.3 is 10.2 Å². The SMILES string of the molecule is Cc1ccc(Cn2nc(C)c(C(=O)Nc3ccccc3N3CCCCC3)c2Cl)cc1. The number of piperidine rings is 1. The number of hydrogen-bond acceptors (Lipinski definition) is 3. The molecule has 0 saturated carbocycles. The maximum Gasteiger partial charge on any atom is 0.260 e. The molecule has 0 bridgehead atoms. The number of nitrogens with one attached hydrogen (secondary N) is 1. The van der Waals surface area contributed by atoms with Gasteiger partial charge in [-0.2, -0.15) is 5.10 Å². The summed E-state index contributed by atoms with van der Waals surface area (Å²) in [5.74, 6) is -0.225. The van der Waals surface area contributed by atoms with Gasteiger partial charge in [0.25, 0.3) is 5.91 Å². The lowest BCUT2D eigenvalue weighted by molar-refractivity contribution is 0.102. The number of nitrogens with zero attached hydrogens (tertiary/aromatic N) is 3. The Balaban J connectivity index is 1.56. The quantitative estimate of drug-likeness (QED) is 0.595. The number of aryl methyl sites for hydroxylation is 2. The highest BCUT2D eigenvalue weighted by Gasteiger charge is 2.22. The molecular weight excluding hydrogens is 396 g/mol. The highest BCUT2D eigenvalue weighted by Crippen LogP contribution is 2.30. The Morgan fingerprint density at radius 1 is 1.03 bits per heavy atom. The number of carbonyl (C=O) groups is 1.